The Balaban J connectivity index is 1.57. The quantitative estimate of drug-likeness (QED) is 0.561. The number of benzene rings is 2. The number of amidine groups is 1. The molecule has 5 rings (SSSR count). The fourth-order valence-corrected chi connectivity index (χ4v) is 4.34. The fourth-order valence-electron chi connectivity index (χ4n) is 3.39. The summed E-state index contributed by atoms with van der Waals surface area (Å²) in [4.78, 5) is 19.6. The molecule has 1 aromatic heterocycles. The van der Waals surface area contributed by atoms with E-state index >= 15 is 0 Å². The van der Waals surface area contributed by atoms with Crippen molar-refractivity contribution < 1.29 is 4.79 Å². The number of para-hydroxylation sites is 1. The topological polar surface area (TPSA) is 44.7 Å². The zero-order chi connectivity index (χ0) is 16.8. The van der Waals surface area contributed by atoms with Gasteiger partial charge in [0.25, 0.3) is 0 Å². The molecule has 0 saturated heterocycles. The van der Waals surface area contributed by atoms with E-state index in [1.54, 1.807) is 17.4 Å². The second-order valence-electron chi connectivity index (χ2n) is 6.07. The summed E-state index contributed by atoms with van der Waals surface area (Å²) >= 11 is 1.60. The normalized spacial score (nSPS) is 17.2. The van der Waals surface area contributed by atoms with Gasteiger partial charge in [0.15, 0.2) is 5.78 Å². The average Bonchev–Trinajstić information content (AvgIpc) is 3.29. The Morgan fingerprint density at radius 2 is 2.00 bits per heavy atom. The Hall–Kier alpha value is -2.92. The molecular weight excluding hydrogens is 330 g/mol. The van der Waals surface area contributed by atoms with Gasteiger partial charge in [-0.05, 0) is 18.2 Å². The summed E-state index contributed by atoms with van der Waals surface area (Å²) < 4.78 is 1.13. The maximum Gasteiger partial charge on any atom is 0.190 e. The van der Waals surface area contributed by atoms with Crippen LogP contribution in [0.15, 0.2) is 70.8 Å². The van der Waals surface area contributed by atoms with Gasteiger partial charge in [-0.2, -0.15) is 0 Å². The van der Waals surface area contributed by atoms with E-state index in [0.29, 0.717) is 0 Å². The van der Waals surface area contributed by atoms with Gasteiger partial charge in [-0.1, -0.05) is 30.3 Å². The molecule has 4 nitrogen and oxygen atoms in total. The third-order valence-electron chi connectivity index (χ3n) is 4.58. The van der Waals surface area contributed by atoms with Crippen molar-refractivity contribution in [3.8, 4) is 0 Å². The number of fused-ring (bicyclic) bond motifs is 4. The smallest absolute Gasteiger partial charge is 0.190 e. The zero-order valence-corrected chi connectivity index (χ0v) is 14.2. The monoisotopic (exact) mass is 345 g/mol. The minimum absolute atomic E-state index is 0.0191. The second kappa shape index (κ2) is 5.57. The van der Waals surface area contributed by atoms with Crippen molar-refractivity contribution in [2.24, 2.45) is 4.99 Å². The van der Waals surface area contributed by atoms with Gasteiger partial charge in [0.2, 0.25) is 0 Å². The maximum atomic E-state index is 12.9. The molecule has 0 atom stereocenters. The minimum Gasteiger partial charge on any atom is -0.341 e. The van der Waals surface area contributed by atoms with Gasteiger partial charge >= 0.3 is 0 Å². The molecule has 0 spiro atoms. The van der Waals surface area contributed by atoms with E-state index in [1.165, 1.54) is 0 Å². The van der Waals surface area contributed by atoms with Gasteiger partial charge in [0, 0.05) is 39.2 Å². The highest BCUT2D eigenvalue weighted by atomic mass is 32.1. The second-order valence-corrected chi connectivity index (χ2v) is 6.98. The molecule has 0 saturated carbocycles. The predicted molar refractivity (Wildman–Crippen MR) is 102 cm³/mol. The van der Waals surface area contributed by atoms with Crippen molar-refractivity contribution in [3.63, 3.8) is 0 Å². The Morgan fingerprint density at radius 3 is 2.96 bits per heavy atom. The van der Waals surface area contributed by atoms with Gasteiger partial charge in [0.05, 0.1) is 12.2 Å². The third-order valence-corrected chi connectivity index (χ3v) is 5.54. The lowest BCUT2D eigenvalue weighted by Gasteiger charge is -2.31. The Labute approximate surface area is 149 Å². The first-order valence-corrected chi connectivity index (χ1v) is 9.10. The van der Waals surface area contributed by atoms with Crippen LogP contribution in [0.25, 0.3) is 10.1 Å². The van der Waals surface area contributed by atoms with Gasteiger partial charge in [0.1, 0.15) is 11.7 Å². The maximum absolute atomic E-state index is 12.9. The summed E-state index contributed by atoms with van der Waals surface area (Å²) in [6.07, 6.45) is 1.70. The van der Waals surface area contributed by atoms with Crippen molar-refractivity contribution in [1.82, 2.24) is 4.90 Å². The van der Waals surface area contributed by atoms with Crippen LogP contribution in [0.2, 0.25) is 0 Å². The van der Waals surface area contributed by atoms with Crippen LogP contribution in [0.5, 0.6) is 0 Å². The minimum atomic E-state index is 0.0191. The van der Waals surface area contributed by atoms with E-state index in [4.69, 9.17) is 0 Å². The van der Waals surface area contributed by atoms with Crippen LogP contribution in [0.4, 0.5) is 5.69 Å². The number of nitrogens with zero attached hydrogens (tertiary/aromatic N) is 2. The molecule has 2 aromatic carbocycles. The molecule has 3 aromatic rings. The molecule has 2 aliphatic rings. The van der Waals surface area contributed by atoms with Crippen molar-refractivity contribution in [3.05, 3.63) is 76.9 Å². The SMILES string of the molecule is O=C(/C=C1\Nc2ccccc2C2=NCCN21)c1csc2ccccc12. The highest BCUT2D eigenvalue weighted by Crippen LogP contribution is 2.31. The zero-order valence-electron chi connectivity index (χ0n) is 13.4. The van der Waals surface area contributed by atoms with Gasteiger partial charge in [-0.25, -0.2) is 0 Å². The number of ketones is 1. The van der Waals surface area contributed by atoms with E-state index in [-0.39, 0.29) is 5.78 Å². The fraction of sp³-hybridized carbons (Fsp3) is 0.100. The number of aliphatic imine (C=N–C) groups is 1. The van der Waals surface area contributed by atoms with Gasteiger partial charge in [-0.3, -0.25) is 9.79 Å². The summed E-state index contributed by atoms with van der Waals surface area (Å²) in [6, 6.07) is 16.1. The number of hydrogen-bond acceptors (Lipinski definition) is 5. The number of thiophene rings is 1. The number of rotatable bonds is 2. The van der Waals surface area contributed by atoms with Crippen molar-refractivity contribution >= 4 is 38.7 Å². The molecule has 2 aliphatic heterocycles. The van der Waals surface area contributed by atoms with Gasteiger partial charge in [-0.15, -0.1) is 11.3 Å². The highest BCUT2D eigenvalue weighted by molar-refractivity contribution is 7.17. The molecule has 0 fully saturated rings. The molecule has 122 valence electrons. The van der Waals surface area contributed by atoms with E-state index in [2.05, 4.69) is 21.3 Å². The number of hydrogen-bond donors (Lipinski definition) is 1. The lowest BCUT2D eigenvalue weighted by Crippen LogP contribution is -2.36. The molecule has 0 radical (unpaired) electrons. The summed E-state index contributed by atoms with van der Waals surface area (Å²) in [7, 11) is 0. The first-order chi connectivity index (χ1) is 12.3. The summed E-state index contributed by atoms with van der Waals surface area (Å²) in [5.74, 6) is 1.77. The van der Waals surface area contributed by atoms with Crippen LogP contribution in [0, 0.1) is 0 Å². The van der Waals surface area contributed by atoms with Crippen molar-refractivity contribution in [2.75, 3.05) is 18.4 Å². The molecule has 1 N–H and O–H groups in total. The number of anilines is 1. The lowest BCUT2D eigenvalue weighted by molar-refractivity contribution is 0.104. The molecule has 25 heavy (non-hydrogen) atoms. The average molecular weight is 345 g/mol. The highest BCUT2D eigenvalue weighted by Gasteiger charge is 2.29. The first-order valence-electron chi connectivity index (χ1n) is 8.22. The first kappa shape index (κ1) is 14.4. The van der Waals surface area contributed by atoms with E-state index < -0.39 is 0 Å². The molecule has 0 unspecified atom stereocenters. The van der Waals surface area contributed by atoms with Crippen molar-refractivity contribution in [2.45, 2.75) is 0 Å². The molecule has 3 heterocycles. The summed E-state index contributed by atoms with van der Waals surface area (Å²) in [6.45, 7) is 1.54. The van der Waals surface area contributed by atoms with E-state index in [9.17, 15) is 4.79 Å². The predicted octanol–water partition coefficient (Wildman–Crippen LogP) is 4.11. The van der Waals surface area contributed by atoms with Crippen LogP contribution in [0.1, 0.15) is 15.9 Å². The van der Waals surface area contributed by atoms with E-state index in [0.717, 1.165) is 51.6 Å². The van der Waals surface area contributed by atoms with Crippen LogP contribution in [0.3, 0.4) is 0 Å². The lowest BCUT2D eigenvalue weighted by atomic mass is 10.1. The standard InChI is InChI=1S/C20H15N3OS/c24-17(15-12-25-18-8-4-2-5-13(15)18)11-19-22-16-7-3-1-6-14(16)20-21-9-10-23(19)20/h1-8,11-12,22H,9-10H2/b19-11+. The molecule has 5 heteroatoms. The molecule has 0 amide bonds. The molecule has 0 aliphatic carbocycles. The van der Waals surface area contributed by atoms with Crippen LogP contribution in [-0.4, -0.2) is 29.6 Å². The van der Waals surface area contributed by atoms with E-state index in [1.807, 2.05) is 47.8 Å². The van der Waals surface area contributed by atoms with Crippen LogP contribution in [-0.2, 0) is 0 Å². The summed E-state index contributed by atoms with van der Waals surface area (Å²) in [5, 5.41) is 6.36. The Morgan fingerprint density at radius 1 is 1.16 bits per heavy atom. The van der Waals surface area contributed by atoms with Gasteiger partial charge < -0.3 is 10.2 Å². The molecular formula is C20H15N3OS. The van der Waals surface area contributed by atoms with Crippen molar-refractivity contribution in [1.29, 1.82) is 0 Å². The number of carbonyl (C=O) groups excluding carboxylic acids is 1. The number of allylic oxidation sites excluding steroid dienone is 1. The Bertz CT molecular complexity index is 1060. The third kappa shape index (κ3) is 2.27. The Kier molecular flexibility index (Phi) is 3.21. The number of carbonyl (C=O) groups is 1. The largest absolute Gasteiger partial charge is 0.341 e. The van der Waals surface area contributed by atoms with Crippen LogP contribution >= 0.6 is 11.3 Å². The molecule has 0 bridgehead atoms. The summed E-state index contributed by atoms with van der Waals surface area (Å²) in [5.41, 5.74) is 2.84. The van der Waals surface area contributed by atoms with Crippen LogP contribution < -0.4 is 5.32 Å². The number of nitrogens with one attached hydrogen (secondary N) is 1.